The molecule has 8 heteroatoms. The highest BCUT2D eigenvalue weighted by atomic mass is 16.2. The van der Waals surface area contributed by atoms with Gasteiger partial charge in [0, 0.05) is 39.3 Å². The van der Waals surface area contributed by atoms with Crippen molar-refractivity contribution in [2.45, 2.75) is 32.1 Å². The fourth-order valence-electron chi connectivity index (χ4n) is 4.95. The Hall–Kier alpha value is -3.55. The van der Waals surface area contributed by atoms with Gasteiger partial charge in [-0.25, -0.2) is 0 Å². The van der Waals surface area contributed by atoms with Gasteiger partial charge < -0.3 is 9.80 Å². The van der Waals surface area contributed by atoms with Crippen molar-refractivity contribution < 1.29 is 9.59 Å². The van der Waals surface area contributed by atoms with E-state index >= 15 is 0 Å². The minimum Gasteiger partial charge on any atom is -0.345 e. The Kier molecular flexibility index (Phi) is 5.78. The average Bonchev–Trinajstić information content (AvgIpc) is 3.32. The van der Waals surface area contributed by atoms with Gasteiger partial charge in [0.15, 0.2) is 5.82 Å². The number of tetrazole rings is 1. The zero-order valence-corrected chi connectivity index (χ0v) is 20.0. The van der Waals surface area contributed by atoms with Crippen LogP contribution in [0, 0.1) is 5.92 Å². The third kappa shape index (κ3) is 3.79. The molecule has 1 aliphatic rings. The third-order valence-electron chi connectivity index (χ3n) is 6.26. The summed E-state index contributed by atoms with van der Waals surface area (Å²) < 4.78 is 0. The Bertz CT molecular complexity index is 1130. The van der Waals surface area contributed by atoms with E-state index in [4.69, 9.17) is 0 Å². The molecule has 3 aromatic rings. The van der Waals surface area contributed by atoms with Crippen molar-refractivity contribution in [2.24, 2.45) is 5.92 Å². The first kappa shape index (κ1) is 22.6. The number of nitrogens with one attached hydrogen (secondary N) is 1. The zero-order chi connectivity index (χ0) is 23.9. The van der Waals surface area contributed by atoms with E-state index in [0.29, 0.717) is 29.3 Å². The number of amides is 2. The van der Waals surface area contributed by atoms with Crippen LogP contribution in [0.3, 0.4) is 0 Å². The van der Waals surface area contributed by atoms with Gasteiger partial charge in [0.05, 0.1) is 5.41 Å². The number of fused-ring (bicyclic) bond motifs is 2. The lowest BCUT2D eigenvalue weighted by molar-refractivity contribution is 0.0820. The Morgan fingerprint density at radius 3 is 1.85 bits per heavy atom. The molecule has 0 saturated heterocycles. The maximum Gasteiger partial charge on any atom is 0.253 e. The average molecular weight is 447 g/mol. The summed E-state index contributed by atoms with van der Waals surface area (Å²) in [4.78, 5) is 28.5. The maximum absolute atomic E-state index is 12.7. The SMILES string of the molecule is CC(C)CC1(c2nn[nH]n2)c2ccc(C(=O)N(C)C)cc2Cc2cc(C(=O)N(C)C)ccc21. The van der Waals surface area contributed by atoms with Crippen molar-refractivity contribution in [3.05, 3.63) is 75.6 Å². The van der Waals surface area contributed by atoms with Gasteiger partial charge in [-0.05, 0) is 65.3 Å². The van der Waals surface area contributed by atoms with Crippen LogP contribution < -0.4 is 0 Å². The van der Waals surface area contributed by atoms with Crippen molar-refractivity contribution in [2.75, 3.05) is 28.2 Å². The summed E-state index contributed by atoms with van der Waals surface area (Å²) in [7, 11) is 6.99. The topological polar surface area (TPSA) is 95.1 Å². The molecule has 0 aliphatic heterocycles. The van der Waals surface area contributed by atoms with Gasteiger partial charge in [-0.3, -0.25) is 9.59 Å². The Labute approximate surface area is 194 Å². The van der Waals surface area contributed by atoms with E-state index in [-0.39, 0.29) is 11.8 Å². The molecule has 1 N–H and O–H groups in total. The third-order valence-corrected chi connectivity index (χ3v) is 6.26. The first-order chi connectivity index (χ1) is 15.6. The smallest absolute Gasteiger partial charge is 0.253 e. The van der Waals surface area contributed by atoms with Crippen LogP contribution in [0.5, 0.6) is 0 Å². The van der Waals surface area contributed by atoms with Crippen molar-refractivity contribution in [3.63, 3.8) is 0 Å². The highest BCUT2D eigenvalue weighted by molar-refractivity contribution is 5.95. The van der Waals surface area contributed by atoms with Crippen LogP contribution in [0.1, 0.15) is 69.1 Å². The Morgan fingerprint density at radius 2 is 1.45 bits per heavy atom. The summed E-state index contributed by atoms with van der Waals surface area (Å²) in [6.07, 6.45) is 1.37. The predicted molar refractivity (Wildman–Crippen MR) is 125 cm³/mol. The number of carbonyl (C=O) groups is 2. The molecule has 0 radical (unpaired) electrons. The molecule has 0 bridgehead atoms. The number of rotatable bonds is 5. The van der Waals surface area contributed by atoms with Gasteiger partial charge in [0.1, 0.15) is 0 Å². The molecule has 0 fully saturated rings. The molecule has 0 saturated carbocycles. The second kappa shape index (κ2) is 8.42. The minimum atomic E-state index is -0.635. The molecule has 2 amide bonds. The predicted octanol–water partition coefficient (Wildman–Crippen LogP) is 2.89. The van der Waals surface area contributed by atoms with Crippen LogP contribution in [0.15, 0.2) is 36.4 Å². The first-order valence-corrected chi connectivity index (χ1v) is 11.1. The number of aromatic amines is 1. The van der Waals surface area contributed by atoms with Crippen molar-refractivity contribution in [3.8, 4) is 0 Å². The number of hydrogen-bond acceptors (Lipinski definition) is 5. The molecule has 0 atom stereocenters. The molecule has 1 aliphatic carbocycles. The molecule has 4 rings (SSSR count). The van der Waals surface area contributed by atoms with Crippen molar-refractivity contribution in [1.82, 2.24) is 30.4 Å². The van der Waals surface area contributed by atoms with E-state index in [9.17, 15) is 9.59 Å². The quantitative estimate of drug-likeness (QED) is 0.650. The molecule has 1 heterocycles. The monoisotopic (exact) mass is 446 g/mol. The summed E-state index contributed by atoms with van der Waals surface area (Å²) in [6.45, 7) is 4.34. The Morgan fingerprint density at radius 1 is 0.939 bits per heavy atom. The molecule has 1 aromatic heterocycles. The highest BCUT2D eigenvalue weighted by Gasteiger charge is 2.46. The van der Waals surface area contributed by atoms with E-state index in [2.05, 4.69) is 34.5 Å². The largest absolute Gasteiger partial charge is 0.345 e. The van der Waals surface area contributed by atoms with E-state index in [1.165, 1.54) is 0 Å². The maximum atomic E-state index is 12.7. The number of hydrogen-bond donors (Lipinski definition) is 1. The number of aromatic nitrogens is 4. The number of benzene rings is 2. The van der Waals surface area contributed by atoms with Crippen LogP contribution in [0.2, 0.25) is 0 Å². The van der Waals surface area contributed by atoms with E-state index in [1.54, 1.807) is 38.0 Å². The molecule has 2 aromatic carbocycles. The number of nitrogens with zero attached hydrogens (tertiary/aromatic N) is 5. The molecular weight excluding hydrogens is 416 g/mol. The Balaban J connectivity index is 2.00. The lowest BCUT2D eigenvalue weighted by Crippen LogP contribution is -2.38. The zero-order valence-electron chi connectivity index (χ0n) is 20.0. The van der Waals surface area contributed by atoms with Crippen molar-refractivity contribution in [1.29, 1.82) is 0 Å². The fourth-order valence-corrected chi connectivity index (χ4v) is 4.95. The highest BCUT2D eigenvalue weighted by Crippen LogP contribution is 2.49. The molecule has 8 nitrogen and oxygen atoms in total. The molecule has 172 valence electrons. The van der Waals surface area contributed by atoms with E-state index in [0.717, 1.165) is 28.7 Å². The molecule has 0 spiro atoms. The van der Waals surface area contributed by atoms with Crippen LogP contribution in [0.4, 0.5) is 0 Å². The second-order valence-corrected chi connectivity index (χ2v) is 9.56. The van der Waals surface area contributed by atoms with Gasteiger partial charge in [0.25, 0.3) is 11.8 Å². The second-order valence-electron chi connectivity index (χ2n) is 9.56. The minimum absolute atomic E-state index is 0.0471. The van der Waals surface area contributed by atoms with Gasteiger partial charge in [0.2, 0.25) is 0 Å². The molecule has 33 heavy (non-hydrogen) atoms. The van der Waals surface area contributed by atoms with Gasteiger partial charge >= 0.3 is 0 Å². The number of H-pyrrole nitrogens is 1. The lowest BCUT2D eigenvalue weighted by atomic mass is 9.62. The van der Waals surface area contributed by atoms with Crippen LogP contribution >= 0.6 is 0 Å². The lowest BCUT2D eigenvalue weighted by Gasteiger charge is -2.40. The summed E-state index contributed by atoms with van der Waals surface area (Å²) >= 11 is 0. The number of carbonyl (C=O) groups excluding carboxylic acids is 2. The van der Waals surface area contributed by atoms with Gasteiger partial charge in [-0.15, -0.1) is 10.2 Å². The summed E-state index contributed by atoms with van der Waals surface area (Å²) in [5, 5.41) is 15.4. The standard InChI is InChI=1S/C25H30N6O2/c1-15(2)14-25(24-26-28-29-27-24)20-9-7-16(22(32)30(3)4)11-18(20)13-19-12-17(8-10-21(19)25)23(33)31(5)6/h7-12,15H,13-14H2,1-6H3,(H,26,27,28,29). The molecular formula is C25H30N6O2. The fraction of sp³-hybridized carbons (Fsp3) is 0.400. The normalized spacial score (nSPS) is 13.9. The summed E-state index contributed by atoms with van der Waals surface area (Å²) in [5.41, 5.74) is 4.86. The van der Waals surface area contributed by atoms with Crippen LogP contribution in [-0.4, -0.2) is 70.4 Å². The summed E-state index contributed by atoms with van der Waals surface area (Å²) in [5.74, 6) is 0.827. The van der Waals surface area contributed by atoms with E-state index < -0.39 is 5.41 Å². The van der Waals surface area contributed by atoms with E-state index in [1.807, 2.05) is 36.4 Å². The summed E-state index contributed by atoms with van der Waals surface area (Å²) in [6, 6.07) is 11.8. The van der Waals surface area contributed by atoms with Gasteiger partial charge in [-0.2, -0.15) is 5.21 Å². The van der Waals surface area contributed by atoms with Crippen LogP contribution in [0.25, 0.3) is 0 Å². The van der Waals surface area contributed by atoms with Crippen molar-refractivity contribution >= 4 is 11.8 Å². The molecule has 0 unspecified atom stereocenters. The first-order valence-electron chi connectivity index (χ1n) is 11.1. The van der Waals surface area contributed by atoms with Gasteiger partial charge in [-0.1, -0.05) is 31.2 Å². The van der Waals surface area contributed by atoms with Crippen LogP contribution in [-0.2, 0) is 11.8 Å².